The van der Waals surface area contributed by atoms with Crippen molar-refractivity contribution >= 4 is 62.1 Å². The van der Waals surface area contributed by atoms with E-state index in [-0.39, 0.29) is 0 Å². The van der Waals surface area contributed by atoms with Crippen LogP contribution in [0.4, 0.5) is 11.4 Å². The predicted molar refractivity (Wildman–Crippen MR) is 155 cm³/mol. The second-order valence-corrected chi connectivity index (χ2v) is 10.3. The Balaban J connectivity index is 1.27. The zero-order chi connectivity index (χ0) is 23.3. The van der Waals surface area contributed by atoms with Crippen LogP contribution >= 0.6 is 34.8 Å². The Morgan fingerprint density at radius 3 is 2.44 bits per heavy atom. The van der Waals surface area contributed by atoms with Gasteiger partial charge in [0.25, 0.3) is 0 Å². The molecule has 2 heterocycles. The van der Waals surface area contributed by atoms with Crippen molar-refractivity contribution in [2.75, 3.05) is 23.7 Å². The van der Waals surface area contributed by atoms with Crippen LogP contribution < -0.4 is 10.6 Å². The number of rotatable bonds is 5. The lowest BCUT2D eigenvalue weighted by Gasteiger charge is -2.26. The Kier molecular flexibility index (Phi) is 7.37. The zero-order valence-electron chi connectivity index (χ0n) is 18.9. The minimum atomic E-state index is 0.571. The van der Waals surface area contributed by atoms with Crippen LogP contribution in [0.15, 0.2) is 79.0 Å². The fraction of sp³-hybridized carbons (Fsp3) is 0.214. The molecule has 5 rings (SSSR count). The number of nitrogens with zero attached hydrogens (tertiary/aromatic N) is 2. The maximum atomic E-state index is 5.60. The van der Waals surface area contributed by atoms with E-state index in [1.54, 1.807) is 0 Å². The molecule has 0 spiro atoms. The minimum Gasteiger partial charge on any atom is -0.332 e. The van der Waals surface area contributed by atoms with Crippen LogP contribution in [0.3, 0.4) is 0 Å². The number of halogens is 1. The monoisotopic (exact) mass is 578 g/mol. The fourth-order valence-corrected chi connectivity index (χ4v) is 5.31. The Morgan fingerprint density at radius 2 is 1.62 bits per heavy atom. The van der Waals surface area contributed by atoms with Gasteiger partial charge in [-0.2, -0.15) is 0 Å². The summed E-state index contributed by atoms with van der Waals surface area (Å²) >= 11 is 7.97. The maximum absolute atomic E-state index is 5.60. The van der Waals surface area contributed by atoms with Gasteiger partial charge in [-0.15, -0.1) is 0 Å². The summed E-state index contributed by atoms with van der Waals surface area (Å²) in [5.41, 5.74) is 5.34. The van der Waals surface area contributed by atoms with Crippen molar-refractivity contribution in [3.8, 4) is 11.3 Å². The van der Waals surface area contributed by atoms with E-state index in [0.29, 0.717) is 5.11 Å². The number of likely N-dealkylation sites (tertiary alicyclic amines) is 1. The number of fused-ring (bicyclic) bond motifs is 1. The molecule has 0 bridgehead atoms. The van der Waals surface area contributed by atoms with Gasteiger partial charge < -0.3 is 10.6 Å². The molecule has 4 aromatic rings. The summed E-state index contributed by atoms with van der Waals surface area (Å²) < 4.78 is 1.15. The first-order valence-corrected chi connectivity index (χ1v) is 13.2. The summed E-state index contributed by atoms with van der Waals surface area (Å²) in [6.07, 6.45) is 5.87. The predicted octanol–water partition coefficient (Wildman–Crippen LogP) is 7.30. The molecule has 4 nitrogen and oxygen atoms in total. The number of hydrogen-bond donors (Lipinski definition) is 2. The van der Waals surface area contributed by atoms with E-state index in [1.165, 1.54) is 43.3 Å². The number of aromatic nitrogens is 1. The SMILES string of the molecule is S=C(Nc1ccc(CN2CCCCC2)cc1)Nc1ccc(I)c(-c2nccc3ccccc23)c1. The van der Waals surface area contributed by atoms with Gasteiger partial charge in [0, 0.05) is 38.6 Å². The number of piperidine rings is 1. The van der Waals surface area contributed by atoms with Gasteiger partial charge in [0.05, 0.1) is 5.69 Å². The van der Waals surface area contributed by atoms with Crippen LogP contribution in [0.25, 0.3) is 22.0 Å². The van der Waals surface area contributed by atoms with Gasteiger partial charge in [-0.25, -0.2) is 0 Å². The van der Waals surface area contributed by atoms with E-state index < -0.39 is 0 Å². The molecule has 1 aliphatic rings. The molecule has 2 N–H and O–H groups in total. The highest BCUT2D eigenvalue weighted by atomic mass is 127. The number of thiocarbonyl (C=S) groups is 1. The molecular formula is C28H27IN4S. The van der Waals surface area contributed by atoms with E-state index in [1.807, 2.05) is 18.3 Å². The fourth-order valence-electron chi connectivity index (χ4n) is 4.48. The molecule has 1 fully saturated rings. The topological polar surface area (TPSA) is 40.2 Å². The first-order chi connectivity index (χ1) is 16.7. The largest absolute Gasteiger partial charge is 0.332 e. The molecule has 1 aliphatic heterocycles. The standard InChI is InChI=1S/C28H27IN4S/c29-26-13-12-23(18-25(26)27-24-7-3-2-6-21(24)14-15-30-27)32-28(34)31-22-10-8-20(9-11-22)19-33-16-4-1-5-17-33/h2-3,6-15,18H,1,4-5,16-17,19H2,(H2,31,32,34). The molecule has 0 amide bonds. The first kappa shape index (κ1) is 23.2. The number of nitrogens with one attached hydrogen (secondary N) is 2. The van der Waals surface area contributed by atoms with Crippen LogP contribution in [-0.2, 0) is 6.54 Å². The van der Waals surface area contributed by atoms with Crippen LogP contribution in [0, 0.1) is 3.57 Å². The lowest BCUT2D eigenvalue weighted by Crippen LogP contribution is -2.29. The van der Waals surface area contributed by atoms with E-state index in [0.717, 1.165) is 38.1 Å². The molecule has 1 saturated heterocycles. The van der Waals surface area contributed by atoms with Gasteiger partial charge >= 0.3 is 0 Å². The van der Waals surface area contributed by atoms with Crippen molar-refractivity contribution in [1.82, 2.24) is 9.88 Å². The third kappa shape index (κ3) is 5.56. The van der Waals surface area contributed by atoms with E-state index in [9.17, 15) is 0 Å². The van der Waals surface area contributed by atoms with Crippen molar-refractivity contribution < 1.29 is 0 Å². The summed E-state index contributed by atoms with van der Waals surface area (Å²) in [6, 6.07) is 25.2. The van der Waals surface area contributed by atoms with E-state index >= 15 is 0 Å². The number of benzene rings is 3. The molecular weight excluding hydrogens is 551 g/mol. The smallest absolute Gasteiger partial charge is 0.175 e. The van der Waals surface area contributed by atoms with E-state index in [4.69, 9.17) is 17.2 Å². The highest BCUT2D eigenvalue weighted by Crippen LogP contribution is 2.32. The molecule has 0 saturated carbocycles. The normalized spacial score (nSPS) is 14.1. The molecule has 34 heavy (non-hydrogen) atoms. The number of hydrogen-bond acceptors (Lipinski definition) is 3. The molecule has 0 unspecified atom stereocenters. The maximum Gasteiger partial charge on any atom is 0.175 e. The Bertz CT molecular complexity index is 1290. The van der Waals surface area contributed by atoms with Gasteiger partial charge in [0.1, 0.15) is 0 Å². The van der Waals surface area contributed by atoms with Gasteiger partial charge in [-0.05, 0) is 108 Å². The minimum absolute atomic E-state index is 0.571. The average molecular weight is 579 g/mol. The van der Waals surface area contributed by atoms with Crippen molar-refractivity contribution in [2.24, 2.45) is 0 Å². The summed E-state index contributed by atoms with van der Waals surface area (Å²) in [5, 5.41) is 9.55. The lowest BCUT2D eigenvalue weighted by molar-refractivity contribution is 0.221. The van der Waals surface area contributed by atoms with Gasteiger partial charge in [0.2, 0.25) is 0 Å². The second-order valence-electron chi connectivity index (χ2n) is 8.69. The summed E-state index contributed by atoms with van der Waals surface area (Å²) in [5.74, 6) is 0. The summed E-state index contributed by atoms with van der Waals surface area (Å²) in [7, 11) is 0. The van der Waals surface area contributed by atoms with Crippen LogP contribution in [0.2, 0.25) is 0 Å². The van der Waals surface area contributed by atoms with Crippen molar-refractivity contribution in [3.63, 3.8) is 0 Å². The van der Waals surface area contributed by atoms with E-state index in [2.05, 4.69) is 98.8 Å². The van der Waals surface area contributed by atoms with Crippen LogP contribution in [-0.4, -0.2) is 28.1 Å². The van der Waals surface area contributed by atoms with Crippen LogP contribution in [0.1, 0.15) is 24.8 Å². The molecule has 0 radical (unpaired) electrons. The van der Waals surface area contributed by atoms with Crippen molar-refractivity contribution in [2.45, 2.75) is 25.8 Å². The molecule has 6 heteroatoms. The third-order valence-electron chi connectivity index (χ3n) is 6.22. The summed E-state index contributed by atoms with van der Waals surface area (Å²) in [6.45, 7) is 3.44. The molecule has 3 aromatic carbocycles. The number of anilines is 2. The lowest BCUT2D eigenvalue weighted by atomic mass is 10.0. The van der Waals surface area contributed by atoms with Crippen molar-refractivity contribution in [1.29, 1.82) is 0 Å². The molecule has 172 valence electrons. The molecule has 0 aliphatic carbocycles. The Morgan fingerprint density at radius 1 is 0.882 bits per heavy atom. The average Bonchev–Trinajstić information content (AvgIpc) is 2.87. The van der Waals surface area contributed by atoms with Gasteiger partial charge in [-0.1, -0.05) is 42.8 Å². The van der Waals surface area contributed by atoms with Crippen molar-refractivity contribution in [3.05, 3.63) is 88.1 Å². The molecule has 0 atom stereocenters. The summed E-state index contributed by atoms with van der Waals surface area (Å²) in [4.78, 5) is 7.23. The number of pyridine rings is 1. The Hall–Kier alpha value is -2.55. The highest BCUT2D eigenvalue weighted by molar-refractivity contribution is 14.1. The van der Waals surface area contributed by atoms with Crippen LogP contribution in [0.5, 0.6) is 0 Å². The highest BCUT2D eigenvalue weighted by Gasteiger charge is 2.12. The second kappa shape index (κ2) is 10.8. The van der Waals surface area contributed by atoms with Gasteiger partial charge in [-0.3, -0.25) is 9.88 Å². The Labute approximate surface area is 219 Å². The first-order valence-electron chi connectivity index (χ1n) is 11.7. The van der Waals surface area contributed by atoms with Gasteiger partial charge in [0.15, 0.2) is 5.11 Å². The zero-order valence-corrected chi connectivity index (χ0v) is 21.9. The molecule has 1 aromatic heterocycles. The third-order valence-corrected chi connectivity index (χ3v) is 7.36. The quantitative estimate of drug-likeness (QED) is 0.192.